The third kappa shape index (κ3) is 5.73. The van der Waals surface area contributed by atoms with Gasteiger partial charge in [-0.3, -0.25) is 0 Å². The Kier molecular flexibility index (Phi) is 6.42. The summed E-state index contributed by atoms with van der Waals surface area (Å²) in [5.74, 6) is 2.49. The van der Waals surface area contributed by atoms with Crippen LogP contribution in [0.1, 0.15) is 47.5 Å². The predicted octanol–water partition coefficient (Wildman–Crippen LogP) is 4.08. The summed E-state index contributed by atoms with van der Waals surface area (Å²) in [6, 6.07) is 0. The molecule has 2 heteroatoms. The molecule has 0 radical (unpaired) electrons. The number of terminal acetylenes is 1. The number of allylic oxidation sites excluding steroid dienone is 6. The molecule has 1 aliphatic carbocycles. The highest BCUT2D eigenvalue weighted by atomic mass is 16.3. The van der Waals surface area contributed by atoms with Gasteiger partial charge >= 0.3 is 0 Å². The highest BCUT2D eigenvalue weighted by Crippen LogP contribution is 2.45. The first-order valence-corrected chi connectivity index (χ1v) is 7.94. The fourth-order valence-corrected chi connectivity index (χ4v) is 3.17. The molecule has 23 heavy (non-hydrogen) atoms. The molecule has 2 nitrogen and oxygen atoms in total. The van der Waals surface area contributed by atoms with E-state index in [1.807, 2.05) is 52.0 Å². The average Bonchev–Trinajstić information content (AvgIpc) is 2.35. The van der Waals surface area contributed by atoms with Crippen LogP contribution in [-0.4, -0.2) is 21.9 Å². The summed E-state index contributed by atoms with van der Waals surface area (Å²) in [6.45, 7) is 9.75. The predicted molar refractivity (Wildman–Crippen MR) is 96.7 cm³/mol. The summed E-state index contributed by atoms with van der Waals surface area (Å²) < 4.78 is 0. The van der Waals surface area contributed by atoms with Gasteiger partial charge in [-0.2, -0.15) is 0 Å². The summed E-state index contributed by atoms with van der Waals surface area (Å²) in [5, 5.41) is 20.6. The van der Waals surface area contributed by atoms with Crippen LogP contribution in [0.3, 0.4) is 0 Å². The van der Waals surface area contributed by atoms with Crippen molar-refractivity contribution in [2.24, 2.45) is 5.41 Å². The Bertz CT molecular complexity index is 607. The van der Waals surface area contributed by atoms with Crippen molar-refractivity contribution in [3.05, 3.63) is 52.8 Å². The fourth-order valence-electron chi connectivity index (χ4n) is 3.17. The number of hydrogen-bond acceptors (Lipinski definition) is 2. The van der Waals surface area contributed by atoms with E-state index in [1.54, 1.807) is 13.0 Å². The van der Waals surface area contributed by atoms with E-state index < -0.39 is 11.7 Å². The van der Waals surface area contributed by atoms with Crippen LogP contribution < -0.4 is 0 Å². The van der Waals surface area contributed by atoms with Crippen molar-refractivity contribution >= 4 is 0 Å². The third-order valence-corrected chi connectivity index (χ3v) is 4.07. The monoisotopic (exact) mass is 312 g/mol. The third-order valence-electron chi connectivity index (χ3n) is 4.07. The Morgan fingerprint density at radius 2 is 1.87 bits per heavy atom. The van der Waals surface area contributed by atoms with Gasteiger partial charge in [0.25, 0.3) is 0 Å². The summed E-state index contributed by atoms with van der Waals surface area (Å²) in [5.41, 5.74) is 4.85. The number of aliphatic hydroxyl groups excluding tert-OH is 1. The highest BCUT2D eigenvalue weighted by molar-refractivity contribution is 5.32. The first-order valence-electron chi connectivity index (χ1n) is 7.94. The molecule has 0 heterocycles. The lowest BCUT2D eigenvalue weighted by molar-refractivity contribution is -0.0268. The SMILES string of the molecule is C#C/C=C(C)/C=C/C=C(\C)C=C=C1C(C)(C)C[C@H](O)C[C@@]1(C)O. The molecule has 0 aliphatic heterocycles. The van der Waals surface area contributed by atoms with Crippen molar-refractivity contribution in [2.75, 3.05) is 0 Å². The second kappa shape index (κ2) is 7.66. The van der Waals surface area contributed by atoms with E-state index in [4.69, 9.17) is 6.42 Å². The van der Waals surface area contributed by atoms with Gasteiger partial charge in [-0.05, 0) is 55.9 Å². The zero-order valence-corrected chi connectivity index (χ0v) is 14.9. The van der Waals surface area contributed by atoms with Crippen molar-refractivity contribution in [1.82, 2.24) is 0 Å². The van der Waals surface area contributed by atoms with Crippen LogP contribution in [0.4, 0.5) is 0 Å². The number of aliphatic hydroxyl groups is 2. The van der Waals surface area contributed by atoms with Gasteiger partial charge in [0.15, 0.2) is 0 Å². The minimum Gasteiger partial charge on any atom is -0.393 e. The van der Waals surface area contributed by atoms with Gasteiger partial charge in [0.2, 0.25) is 0 Å². The summed E-state index contributed by atoms with van der Waals surface area (Å²) in [6.07, 6.45) is 15.2. The van der Waals surface area contributed by atoms with E-state index in [0.29, 0.717) is 12.8 Å². The molecule has 0 spiro atoms. The van der Waals surface area contributed by atoms with Crippen LogP contribution in [0.15, 0.2) is 52.8 Å². The lowest BCUT2D eigenvalue weighted by Gasteiger charge is -2.43. The maximum Gasteiger partial charge on any atom is 0.0931 e. The Morgan fingerprint density at radius 1 is 1.22 bits per heavy atom. The Labute approximate surface area is 140 Å². The molecule has 1 fully saturated rings. The van der Waals surface area contributed by atoms with Crippen LogP contribution in [0.2, 0.25) is 0 Å². The van der Waals surface area contributed by atoms with Gasteiger partial charge in [0, 0.05) is 12.0 Å². The lowest BCUT2D eigenvalue weighted by atomic mass is 9.65. The van der Waals surface area contributed by atoms with Crippen LogP contribution in [0.5, 0.6) is 0 Å². The molecule has 1 rings (SSSR count). The molecule has 1 aliphatic rings. The molecule has 0 amide bonds. The van der Waals surface area contributed by atoms with Gasteiger partial charge in [-0.15, -0.1) is 12.2 Å². The van der Waals surface area contributed by atoms with Crippen LogP contribution in [0, 0.1) is 17.8 Å². The van der Waals surface area contributed by atoms with Crippen molar-refractivity contribution in [3.8, 4) is 12.3 Å². The molecular formula is C21H28O2. The van der Waals surface area contributed by atoms with E-state index in [1.165, 1.54) is 0 Å². The Balaban J connectivity index is 3.05. The largest absolute Gasteiger partial charge is 0.393 e. The van der Waals surface area contributed by atoms with Gasteiger partial charge < -0.3 is 10.2 Å². The summed E-state index contributed by atoms with van der Waals surface area (Å²) in [4.78, 5) is 0. The first kappa shape index (κ1) is 19.3. The molecule has 0 saturated heterocycles. The number of hydrogen-bond donors (Lipinski definition) is 2. The highest BCUT2D eigenvalue weighted by Gasteiger charge is 2.44. The quantitative estimate of drug-likeness (QED) is 0.468. The maximum absolute atomic E-state index is 10.6. The van der Waals surface area contributed by atoms with Crippen LogP contribution >= 0.6 is 0 Å². The Morgan fingerprint density at radius 3 is 2.43 bits per heavy atom. The van der Waals surface area contributed by atoms with Gasteiger partial charge in [0.1, 0.15) is 0 Å². The minimum absolute atomic E-state index is 0.278. The summed E-state index contributed by atoms with van der Waals surface area (Å²) >= 11 is 0. The van der Waals surface area contributed by atoms with Crippen molar-refractivity contribution in [3.63, 3.8) is 0 Å². The lowest BCUT2D eigenvalue weighted by Crippen LogP contribution is -2.45. The van der Waals surface area contributed by atoms with E-state index in [9.17, 15) is 10.2 Å². The van der Waals surface area contributed by atoms with Gasteiger partial charge in [0.05, 0.1) is 11.7 Å². The smallest absolute Gasteiger partial charge is 0.0931 e. The Hall–Kier alpha value is -1.78. The topological polar surface area (TPSA) is 40.5 Å². The molecule has 0 aromatic heterocycles. The molecule has 1 saturated carbocycles. The van der Waals surface area contributed by atoms with E-state index in [-0.39, 0.29) is 5.41 Å². The van der Waals surface area contributed by atoms with Gasteiger partial charge in [-0.1, -0.05) is 38.0 Å². The molecule has 124 valence electrons. The minimum atomic E-state index is -1.03. The zero-order chi connectivity index (χ0) is 17.7. The van der Waals surface area contributed by atoms with Crippen LogP contribution in [0.25, 0.3) is 0 Å². The molecule has 2 atom stereocenters. The molecule has 0 bridgehead atoms. The summed E-state index contributed by atoms with van der Waals surface area (Å²) in [7, 11) is 0. The first-order chi connectivity index (χ1) is 10.6. The van der Waals surface area contributed by atoms with Crippen LogP contribution in [-0.2, 0) is 0 Å². The number of rotatable bonds is 3. The van der Waals surface area contributed by atoms with Crippen molar-refractivity contribution in [1.29, 1.82) is 0 Å². The van der Waals surface area contributed by atoms with E-state index >= 15 is 0 Å². The van der Waals surface area contributed by atoms with Crippen molar-refractivity contribution < 1.29 is 10.2 Å². The average molecular weight is 312 g/mol. The van der Waals surface area contributed by atoms with E-state index in [0.717, 1.165) is 16.7 Å². The zero-order valence-electron chi connectivity index (χ0n) is 14.9. The molecule has 0 aromatic carbocycles. The fraction of sp³-hybridized carbons (Fsp3) is 0.476. The molecule has 2 N–H and O–H groups in total. The van der Waals surface area contributed by atoms with Crippen molar-refractivity contribution in [2.45, 2.75) is 59.2 Å². The maximum atomic E-state index is 10.6. The second-order valence-electron chi connectivity index (χ2n) is 7.21. The van der Waals surface area contributed by atoms with Gasteiger partial charge in [-0.25, -0.2) is 0 Å². The second-order valence-corrected chi connectivity index (χ2v) is 7.21. The molecular weight excluding hydrogens is 284 g/mol. The normalized spacial score (nSPS) is 28.4. The van der Waals surface area contributed by atoms with E-state index in [2.05, 4.69) is 11.7 Å². The standard InChI is InChI=1S/C21H28O2/c1-7-9-16(2)10-8-11-17(3)12-13-19-20(4,5)14-18(22)15-21(19,6)23/h1,8-12,18,22-23H,14-15H2,2-6H3/b10-8+,16-9+,17-11+/t13?,18-,21+/m0/s1. The molecule has 0 unspecified atom stereocenters. The molecule has 0 aromatic rings.